The number of nitrogens with two attached hydrogens (primary N) is 1. The number of non-ortho nitro benzene ring substituents is 1. The number of anilines is 1. The van der Waals surface area contributed by atoms with Gasteiger partial charge in [-0.25, -0.2) is 9.97 Å². The second-order valence-corrected chi connectivity index (χ2v) is 5.35. The van der Waals surface area contributed by atoms with Gasteiger partial charge in [0.05, 0.1) is 16.1 Å². The highest BCUT2D eigenvalue weighted by Gasteiger charge is 2.14. The number of hydrogen-bond acceptors (Lipinski definition) is 9. The summed E-state index contributed by atoms with van der Waals surface area (Å²) >= 11 is 5.48. The number of nitro benzene ring substituents is 1. The number of halogens is 1. The molecule has 0 saturated heterocycles. The Balaban J connectivity index is 0.000000159. The molecular formula is C14H9ClN8O4. The summed E-state index contributed by atoms with van der Waals surface area (Å²) in [6.07, 6.45) is 0. The second kappa shape index (κ2) is 7.13. The minimum atomic E-state index is -0.601. The van der Waals surface area contributed by atoms with E-state index in [-0.39, 0.29) is 32.8 Å². The van der Waals surface area contributed by atoms with Gasteiger partial charge < -0.3 is 16.1 Å². The van der Waals surface area contributed by atoms with Crippen LogP contribution in [0.2, 0.25) is 5.28 Å². The molecule has 12 nitrogen and oxygen atoms in total. The molecule has 0 radical (unpaired) electrons. The lowest BCUT2D eigenvalue weighted by molar-refractivity contribution is -0.643. The van der Waals surface area contributed by atoms with Crippen LogP contribution >= 0.6 is 11.6 Å². The summed E-state index contributed by atoms with van der Waals surface area (Å²) in [4.78, 5) is 18.2. The van der Waals surface area contributed by atoms with Crippen LogP contribution in [0.25, 0.3) is 22.1 Å². The number of aromatic nitrogens is 6. The molecule has 136 valence electrons. The predicted octanol–water partition coefficient (Wildman–Crippen LogP) is 0.670. The van der Waals surface area contributed by atoms with Crippen molar-refractivity contribution in [2.45, 2.75) is 0 Å². The van der Waals surface area contributed by atoms with Gasteiger partial charge in [0.1, 0.15) is 11.0 Å². The Morgan fingerprint density at radius 3 is 2.37 bits per heavy atom. The van der Waals surface area contributed by atoms with Gasteiger partial charge in [0, 0.05) is 17.2 Å². The normalized spacial score (nSPS) is 10.4. The Morgan fingerprint density at radius 2 is 1.63 bits per heavy atom. The predicted molar refractivity (Wildman–Crippen MR) is 93.1 cm³/mol. The Kier molecular flexibility index (Phi) is 4.72. The van der Waals surface area contributed by atoms with E-state index in [1.165, 1.54) is 12.1 Å². The van der Waals surface area contributed by atoms with Crippen molar-refractivity contribution >= 4 is 45.3 Å². The summed E-state index contributed by atoms with van der Waals surface area (Å²) in [5, 5.41) is 39.5. The summed E-state index contributed by atoms with van der Waals surface area (Å²) < 4.78 is 0. The van der Waals surface area contributed by atoms with Crippen LogP contribution in [0, 0.1) is 20.5 Å². The number of rotatable bonds is 1. The number of nitrogens with zero attached hydrogens (tertiary/aromatic N) is 7. The van der Waals surface area contributed by atoms with E-state index in [2.05, 4.69) is 20.2 Å². The molecular weight excluding hydrogens is 380 g/mol. The molecule has 2 heterocycles. The lowest BCUT2D eigenvalue weighted by atomic mass is 10.3. The fourth-order valence-corrected chi connectivity index (χ4v) is 2.30. The van der Waals surface area contributed by atoms with Crippen LogP contribution in [0.1, 0.15) is 0 Å². The van der Waals surface area contributed by atoms with Crippen LogP contribution in [0.15, 0.2) is 42.5 Å². The summed E-state index contributed by atoms with van der Waals surface area (Å²) in [7, 11) is 0. The van der Waals surface area contributed by atoms with E-state index in [0.29, 0.717) is 15.9 Å². The van der Waals surface area contributed by atoms with Crippen molar-refractivity contribution in [1.82, 2.24) is 20.2 Å². The first-order chi connectivity index (χ1) is 12.8. The number of nitrogen functional groups attached to an aromatic ring is 1. The molecule has 2 aromatic carbocycles. The molecule has 4 rings (SSSR count). The van der Waals surface area contributed by atoms with Gasteiger partial charge in [-0.3, -0.25) is 10.1 Å². The van der Waals surface area contributed by atoms with Gasteiger partial charge in [0.2, 0.25) is 0 Å². The Morgan fingerprint density at radius 1 is 0.963 bits per heavy atom. The van der Waals surface area contributed by atoms with E-state index < -0.39 is 4.92 Å². The molecule has 27 heavy (non-hydrogen) atoms. The molecule has 0 amide bonds. The largest absolute Gasteiger partial charge is 0.594 e. The van der Waals surface area contributed by atoms with Crippen molar-refractivity contribution in [3.8, 4) is 0 Å². The number of para-hydroxylation sites is 2. The lowest BCUT2D eigenvalue weighted by Gasteiger charge is -1.98. The average Bonchev–Trinajstić information content (AvgIpc) is 2.61. The molecule has 2 aromatic heterocycles. The third-order valence-corrected chi connectivity index (χ3v) is 3.44. The molecule has 0 saturated carbocycles. The number of hydrogen-bond donors (Lipinski definition) is 1. The smallest absolute Gasteiger partial charge is 0.290 e. The monoisotopic (exact) mass is 388 g/mol. The van der Waals surface area contributed by atoms with Crippen molar-refractivity contribution in [1.29, 1.82) is 0 Å². The number of fused-ring (bicyclic) bond motifs is 2. The maximum Gasteiger partial charge on any atom is 0.290 e. The van der Waals surface area contributed by atoms with Crippen LogP contribution in [0.4, 0.5) is 11.6 Å². The van der Waals surface area contributed by atoms with Gasteiger partial charge in [0.25, 0.3) is 28.0 Å². The van der Waals surface area contributed by atoms with Crippen molar-refractivity contribution in [3.63, 3.8) is 0 Å². The molecule has 0 bridgehead atoms. The maximum atomic E-state index is 11.2. The molecule has 4 aromatic rings. The van der Waals surface area contributed by atoms with Gasteiger partial charge in [-0.15, -0.1) is 0 Å². The van der Waals surface area contributed by atoms with E-state index in [9.17, 15) is 20.5 Å². The van der Waals surface area contributed by atoms with Crippen LogP contribution < -0.4 is 15.4 Å². The maximum absolute atomic E-state index is 11.2. The Labute approximate surface area is 154 Å². The molecule has 0 unspecified atom stereocenters. The van der Waals surface area contributed by atoms with E-state index in [1.807, 2.05) is 0 Å². The summed E-state index contributed by atoms with van der Waals surface area (Å²) in [6.45, 7) is 0. The van der Waals surface area contributed by atoms with Gasteiger partial charge in [0.15, 0.2) is 0 Å². The van der Waals surface area contributed by atoms with Gasteiger partial charge in [-0.1, -0.05) is 12.1 Å². The quantitative estimate of drug-likeness (QED) is 0.212. The van der Waals surface area contributed by atoms with E-state index in [0.717, 1.165) is 6.07 Å². The molecule has 0 aliphatic carbocycles. The average molecular weight is 389 g/mol. The van der Waals surface area contributed by atoms with E-state index >= 15 is 0 Å². The third-order valence-electron chi connectivity index (χ3n) is 3.28. The van der Waals surface area contributed by atoms with Gasteiger partial charge >= 0.3 is 0 Å². The molecule has 0 fully saturated rings. The molecule has 0 atom stereocenters. The minimum Gasteiger partial charge on any atom is -0.594 e. The van der Waals surface area contributed by atoms with E-state index in [1.54, 1.807) is 24.3 Å². The summed E-state index contributed by atoms with van der Waals surface area (Å²) in [5.74, 6) is -0.175. The number of nitro groups is 1. The zero-order chi connectivity index (χ0) is 19.6. The molecule has 0 aliphatic heterocycles. The molecule has 2 N–H and O–H groups in total. The van der Waals surface area contributed by atoms with Crippen LogP contribution in [-0.2, 0) is 0 Å². The first-order valence-corrected chi connectivity index (χ1v) is 7.56. The van der Waals surface area contributed by atoms with Gasteiger partial charge in [-0.05, 0) is 33.4 Å². The topological polar surface area (TPSA) is 175 Å². The van der Waals surface area contributed by atoms with E-state index in [4.69, 9.17) is 17.3 Å². The SMILES string of the molecule is Nc1nc2ccc([N+](=O)[O-])cc2[n+]([O-])n1.[O-][n+]1nc(Cl)nc2ccccc21. The fourth-order valence-electron chi connectivity index (χ4n) is 2.14. The first-order valence-electron chi connectivity index (χ1n) is 7.19. The first kappa shape index (κ1) is 17.9. The highest BCUT2D eigenvalue weighted by molar-refractivity contribution is 6.28. The lowest BCUT2D eigenvalue weighted by Crippen LogP contribution is -2.33. The van der Waals surface area contributed by atoms with Crippen LogP contribution in [0.3, 0.4) is 0 Å². The third kappa shape index (κ3) is 3.85. The highest BCUT2D eigenvalue weighted by atomic mass is 35.5. The van der Waals surface area contributed by atoms with Crippen molar-refractivity contribution in [3.05, 3.63) is 68.3 Å². The zero-order valence-electron chi connectivity index (χ0n) is 13.3. The summed E-state index contributed by atoms with van der Waals surface area (Å²) in [5.41, 5.74) is 6.30. The van der Waals surface area contributed by atoms with Gasteiger partial charge in [-0.2, -0.15) is 0 Å². The number of benzene rings is 2. The molecule has 13 heteroatoms. The fraction of sp³-hybridized carbons (Fsp3) is 0. The molecule has 0 spiro atoms. The van der Waals surface area contributed by atoms with Crippen molar-refractivity contribution < 1.29 is 14.6 Å². The summed E-state index contributed by atoms with van der Waals surface area (Å²) in [6, 6.07) is 10.6. The van der Waals surface area contributed by atoms with Crippen molar-refractivity contribution in [2.75, 3.05) is 5.73 Å². The van der Waals surface area contributed by atoms with Crippen LogP contribution in [-0.4, -0.2) is 25.1 Å². The Bertz CT molecular complexity index is 1170. The molecule has 0 aliphatic rings. The van der Waals surface area contributed by atoms with Crippen LogP contribution in [0.5, 0.6) is 0 Å². The highest BCUT2D eigenvalue weighted by Crippen LogP contribution is 2.16. The zero-order valence-corrected chi connectivity index (χ0v) is 14.0. The second-order valence-electron chi connectivity index (χ2n) is 5.02. The standard InChI is InChI=1S/C7H4ClN3O.C7H5N5O3/c8-7-9-5-3-1-2-4-6(5)11(12)10-7;8-7-9-5-2-1-4(12(14)15)3-6(5)11(13)10-7/h1-4H;1-3H,(H2,8,9,10). The Hall–Kier alpha value is -3.93. The minimum absolute atomic E-state index is 0.0124. The van der Waals surface area contributed by atoms with Crippen molar-refractivity contribution in [2.24, 2.45) is 0 Å².